The third-order valence-corrected chi connectivity index (χ3v) is 5.41. The van der Waals surface area contributed by atoms with Crippen molar-refractivity contribution in [3.63, 3.8) is 0 Å². The van der Waals surface area contributed by atoms with E-state index in [9.17, 15) is 22.4 Å². The minimum absolute atomic E-state index is 0.0553. The lowest BCUT2D eigenvalue weighted by Gasteiger charge is -2.13. The molecule has 33 heavy (non-hydrogen) atoms. The fourth-order valence-electron chi connectivity index (χ4n) is 2.81. The molecule has 2 heterocycles. The van der Waals surface area contributed by atoms with Crippen molar-refractivity contribution in [1.29, 1.82) is 0 Å². The maximum Gasteiger partial charge on any atom is 0.418 e. The van der Waals surface area contributed by atoms with Gasteiger partial charge in [0.1, 0.15) is 5.82 Å². The zero-order valence-electron chi connectivity index (χ0n) is 16.8. The van der Waals surface area contributed by atoms with Crippen LogP contribution in [-0.2, 0) is 18.0 Å². The van der Waals surface area contributed by atoms with Crippen LogP contribution in [0.2, 0.25) is 0 Å². The summed E-state index contributed by atoms with van der Waals surface area (Å²) in [6.45, 7) is 0. The number of nitrogens with zero attached hydrogens (tertiary/aromatic N) is 5. The van der Waals surface area contributed by atoms with Crippen LogP contribution in [0.25, 0.3) is 23.1 Å². The molecule has 0 saturated heterocycles. The number of carbonyl (C=O) groups is 1. The molecule has 0 unspecified atom stereocenters. The van der Waals surface area contributed by atoms with Crippen molar-refractivity contribution < 1.29 is 26.9 Å². The van der Waals surface area contributed by atoms with E-state index in [1.807, 2.05) is 0 Å². The number of rotatable bonds is 6. The highest BCUT2D eigenvalue weighted by molar-refractivity contribution is 7.99. The summed E-state index contributed by atoms with van der Waals surface area (Å²) in [6.07, 6.45) is -4.59. The van der Waals surface area contributed by atoms with Crippen LogP contribution in [0.15, 0.2) is 58.2 Å². The predicted molar refractivity (Wildman–Crippen MR) is 110 cm³/mol. The largest absolute Gasteiger partial charge is 0.418 e. The molecule has 0 aliphatic rings. The highest BCUT2D eigenvalue weighted by Gasteiger charge is 2.33. The Balaban J connectivity index is 1.43. The Bertz CT molecular complexity index is 1290. The Labute approximate surface area is 188 Å². The summed E-state index contributed by atoms with van der Waals surface area (Å²) in [7, 11) is 1.61. The van der Waals surface area contributed by atoms with E-state index in [1.54, 1.807) is 7.05 Å². The summed E-state index contributed by atoms with van der Waals surface area (Å²) in [5, 5.41) is 14.3. The van der Waals surface area contributed by atoms with Crippen LogP contribution in [0.1, 0.15) is 5.56 Å². The summed E-state index contributed by atoms with van der Waals surface area (Å²) in [5.74, 6) is -0.741. The molecule has 0 aliphatic carbocycles. The Kier molecular flexibility index (Phi) is 6.14. The maximum absolute atomic E-state index is 13.1. The molecule has 2 aromatic heterocycles. The number of benzene rings is 2. The van der Waals surface area contributed by atoms with Crippen molar-refractivity contribution in [2.75, 3.05) is 11.1 Å². The molecule has 0 fully saturated rings. The molecular weight excluding hydrogens is 464 g/mol. The molecule has 13 heteroatoms. The SMILES string of the molecule is Cn1c(SCC(=O)Nc2ccccc2C(F)(F)F)nnc1-c1nc(-c2ccc(F)cc2)no1. The summed E-state index contributed by atoms with van der Waals surface area (Å²) in [5.41, 5.74) is -0.718. The second kappa shape index (κ2) is 9.02. The number of halogens is 4. The number of thioether (sulfide) groups is 1. The van der Waals surface area contributed by atoms with Crippen molar-refractivity contribution >= 4 is 23.4 Å². The van der Waals surface area contributed by atoms with E-state index in [1.165, 1.54) is 47.0 Å². The zero-order valence-corrected chi connectivity index (χ0v) is 17.6. The summed E-state index contributed by atoms with van der Waals surface area (Å²) in [6, 6.07) is 10.2. The average Bonchev–Trinajstić information content (AvgIpc) is 3.39. The van der Waals surface area contributed by atoms with Crippen LogP contribution in [-0.4, -0.2) is 36.6 Å². The smallest absolute Gasteiger partial charge is 0.330 e. The predicted octanol–water partition coefficient (Wildman–Crippen LogP) is 4.42. The van der Waals surface area contributed by atoms with Crippen LogP contribution in [0, 0.1) is 5.82 Å². The molecule has 8 nitrogen and oxygen atoms in total. The number of alkyl halides is 3. The van der Waals surface area contributed by atoms with Gasteiger partial charge in [0.25, 0.3) is 5.89 Å². The maximum atomic E-state index is 13.1. The van der Waals surface area contributed by atoms with Crippen molar-refractivity contribution in [1.82, 2.24) is 24.9 Å². The lowest BCUT2D eigenvalue weighted by Crippen LogP contribution is -2.18. The van der Waals surface area contributed by atoms with Crippen molar-refractivity contribution in [3.8, 4) is 23.1 Å². The fourth-order valence-corrected chi connectivity index (χ4v) is 3.52. The molecule has 2 aromatic carbocycles. The minimum atomic E-state index is -4.59. The van der Waals surface area contributed by atoms with Gasteiger partial charge >= 0.3 is 6.18 Å². The molecule has 0 atom stereocenters. The second-order valence-electron chi connectivity index (χ2n) is 6.68. The molecule has 1 N–H and O–H groups in total. The van der Waals surface area contributed by atoms with E-state index >= 15 is 0 Å². The van der Waals surface area contributed by atoms with Gasteiger partial charge in [-0.15, -0.1) is 10.2 Å². The van der Waals surface area contributed by atoms with Crippen LogP contribution < -0.4 is 5.32 Å². The number of nitrogens with one attached hydrogen (secondary N) is 1. The Morgan fingerprint density at radius 1 is 1.12 bits per heavy atom. The van der Waals surface area contributed by atoms with Gasteiger partial charge in [-0.05, 0) is 36.4 Å². The summed E-state index contributed by atoms with van der Waals surface area (Å²) in [4.78, 5) is 16.4. The quantitative estimate of drug-likeness (QED) is 0.324. The molecular formula is C20H14F4N6O2S. The average molecular weight is 478 g/mol. The first kappa shape index (κ1) is 22.5. The van der Waals surface area contributed by atoms with Crippen LogP contribution in [0.3, 0.4) is 0 Å². The van der Waals surface area contributed by atoms with E-state index in [4.69, 9.17) is 4.52 Å². The molecule has 0 spiro atoms. The van der Waals surface area contributed by atoms with Crippen molar-refractivity contribution in [3.05, 3.63) is 59.9 Å². The molecule has 0 radical (unpaired) electrons. The first-order chi connectivity index (χ1) is 15.7. The van der Waals surface area contributed by atoms with Crippen LogP contribution in [0.4, 0.5) is 23.2 Å². The number of anilines is 1. The highest BCUT2D eigenvalue weighted by atomic mass is 32.2. The zero-order chi connectivity index (χ0) is 23.6. The molecule has 4 rings (SSSR count). The Morgan fingerprint density at radius 3 is 2.58 bits per heavy atom. The molecule has 4 aromatic rings. The molecule has 0 saturated carbocycles. The Morgan fingerprint density at radius 2 is 1.85 bits per heavy atom. The van der Waals surface area contributed by atoms with E-state index in [2.05, 4.69) is 25.7 Å². The van der Waals surface area contributed by atoms with Gasteiger partial charge in [-0.1, -0.05) is 29.1 Å². The van der Waals surface area contributed by atoms with Gasteiger partial charge < -0.3 is 14.4 Å². The van der Waals surface area contributed by atoms with Gasteiger partial charge in [-0.2, -0.15) is 18.2 Å². The van der Waals surface area contributed by atoms with Crippen LogP contribution >= 0.6 is 11.8 Å². The monoisotopic (exact) mass is 478 g/mol. The van der Waals surface area contributed by atoms with Crippen LogP contribution in [0.5, 0.6) is 0 Å². The second-order valence-corrected chi connectivity index (χ2v) is 7.62. The number of amides is 1. The highest BCUT2D eigenvalue weighted by Crippen LogP contribution is 2.34. The first-order valence-corrected chi connectivity index (χ1v) is 10.3. The van der Waals surface area contributed by atoms with E-state index in [-0.39, 0.29) is 29.0 Å². The third-order valence-electron chi connectivity index (χ3n) is 4.39. The van der Waals surface area contributed by atoms with Gasteiger partial charge in [-0.3, -0.25) is 4.79 Å². The molecule has 170 valence electrons. The number of aromatic nitrogens is 5. The summed E-state index contributed by atoms with van der Waals surface area (Å²) >= 11 is 0.973. The van der Waals surface area contributed by atoms with E-state index in [0.717, 1.165) is 17.8 Å². The normalized spacial score (nSPS) is 11.5. The fraction of sp³-hybridized carbons (Fsp3) is 0.150. The lowest BCUT2D eigenvalue weighted by atomic mass is 10.1. The van der Waals surface area contributed by atoms with Gasteiger partial charge in [0.2, 0.25) is 17.6 Å². The molecule has 1 amide bonds. The standard InChI is InChI=1S/C20H14F4N6O2S/c1-30-17(18-26-16(29-32-18)11-6-8-12(21)9-7-11)27-28-19(30)33-10-15(31)25-14-5-3-2-4-13(14)20(22,23)24/h2-9H,10H2,1H3,(H,25,31). The Hall–Kier alpha value is -3.74. The number of hydrogen-bond donors (Lipinski definition) is 1. The number of para-hydroxylation sites is 1. The van der Waals surface area contributed by atoms with Gasteiger partial charge in [0.05, 0.1) is 17.0 Å². The van der Waals surface area contributed by atoms with Gasteiger partial charge in [0, 0.05) is 12.6 Å². The summed E-state index contributed by atoms with van der Waals surface area (Å²) < 4.78 is 59.0. The topological polar surface area (TPSA) is 98.7 Å². The first-order valence-electron chi connectivity index (χ1n) is 9.30. The van der Waals surface area contributed by atoms with Gasteiger partial charge in [-0.25, -0.2) is 4.39 Å². The minimum Gasteiger partial charge on any atom is -0.330 e. The van der Waals surface area contributed by atoms with E-state index in [0.29, 0.717) is 10.7 Å². The lowest BCUT2D eigenvalue weighted by molar-refractivity contribution is -0.137. The molecule has 0 aliphatic heterocycles. The van der Waals surface area contributed by atoms with Crippen molar-refractivity contribution in [2.24, 2.45) is 7.05 Å². The third kappa shape index (κ3) is 5.03. The van der Waals surface area contributed by atoms with E-state index < -0.39 is 23.5 Å². The van der Waals surface area contributed by atoms with Gasteiger partial charge in [0.15, 0.2) is 5.16 Å². The number of hydrogen-bond acceptors (Lipinski definition) is 7. The van der Waals surface area contributed by atoms with Crippen molar-refractivity contribution in [2.45, 2.75) is 11.3 Å². The molecule has 0 bridgehead atoms. The number of carbonyl (C=O) groups excluding carboxylic acids is 1.